The maximum absolute atomic E-state index is 10.6. The SMILES string of the molecule is O=C(O)CN(CCN(CC(=O)O)CC(=O)O)CC(=O)O.[Cr].[H-].[K+]. The molecule has 122 valence electrons. The molecule has 0 saturated heterocycles. The van der Waals surface area contributed by atoms with Gasteiger partial charge in [-0.1, -0.05) is 0 Å². The van der Waals surface area contributed by atoms with E-state index >= 15 is 0 Å². The van der Waals surface area contributed by atoms with E-state index < -0.39 is 50.1 Å². The number of carboxylic acids is 4. The smallest absolute Gasteiger partial charge is 1.00 e. The summed E-state index contributed by atoms with van der Waals surface area (Å²) in [7, 11) is 0. The van der Waals surface area contributed by atoms with Gasteiger partial charge in [-0.2, -0.15) is 0 Å². The Morgan fingerprint density at radius 1 is 0.636 bits per heavy atom. The normalized spacial score (nSPS) is 9.73. The van der Waals surface area contributed by atoms with E-state index in [9.17, 15) is 19.2 Å². The van der Waals surface area contributed by atoms with Crippen molar-refractivity contribution in [3.63, 3.8) is 0 Å². The summed E-state index contributed by atoms with van der Waals surface area (Å²) in [5.41, 5.74) is 0. The van der Waals surface area contributed by atoms with Crippen LogP contribution in [-0.2, 0) is 36.5 Å². The van der Waals surface area contributed by atoms with Crippen molar-refractivity contribution in [2.45, 2.75) is 0 Å². The van der Waals surface area contributed by atoms with Crippen LogP contribution < -0.4 is 51.4 Å². The second-order valence-electron chi connectivity index (χ2n) is 4.00. The van der Waals surface area contributed by atoms with Gasteiger partial charge in [0.2, 0.25) is 0 Å². The number of carbonyl (C=O) groups is 4. The molecule has 0 aliphatic carbocycles. The number of hydrogen-bond acceptors (Lipinski definition) is 6. The topological polar surface area (TPSA) is 156 Å². The van der Waals surface area contributed by atoms with Crippen LogP contribution >= 0.6 is 0 Å². The minimum absolute atomic E-state index is 0. The molecular weight excluding hydrogens is 367 g/mol. The maximum atomic E-state index is 10.6. The third-order valence-corrected chi connectivity index (χ3v) is 2.17. The molecule has 0 bridgehead atoms. The van der Waals surface area contributed by atoms with Gasteiger partial charge in [-0.05, 0) is 0 Å². The van der Waals surface area contributed by atoms with Gasteiger partial charge in [-0.25, -0.2) is 0 Å². The van der Waals surface area contributed by atoms with Crippen molar-refractivity contribution in [3.05, 3.63) is 0 Å². The summed E-state index contributed by atoms with van der Waals surface area (Å²) in [4.78, 5) is 44.4. The monoisotopic (exact) mass is 384 g/mol. The van der Waals surface area contributed by atoms with Gasteiger partial charge in [0, 0.05) is 30.5 Å². The number of carboxylic acid groups (broad SMARTS) is 4. The van der Waals surface area contributed by atoms with Crippen LogP contribution in [0, 0.1) is 0 Å². The molecule has 4 N–H and O–H groups in total. The van der Waals surface area contributed by atoms with E-state index in [-0.39, 0.29) is 83.3 Å². The first-order valence-electron chi connectivity index (χ1n) is 5.52. The third-order valence-electron chi connectivity index (χ3n) is 2.17. The summed E-state index contributed by atoms with van der Waals surface area (Å²) >= 11 is 0. The predicted molar refractivity (Wildman–Crippen MR) is 64.5 cm³/mol. The molecule has 0 aliphatic rings. The summed E-state index contributed by atoms with van der Waals surface area (Å²) in [5.74, 6) is -4.91. The number of rotatable bonds is 11. The van der Waals surface area contributed by atoms with Crippen LogP contribution in [0.1, 0.15) is 1.43 Å². The van der Waals surface area contributed by atoms with Crippen molar-refractivity contribution in [3.8, 4) is 0 Å². The van der Waals surface area contributed by atoms with Crippen LogP contribution in [0.2, 0.25) is 0 Å². The van der Waals surface area contributed by atoms with Crippen LogP contribution in [0.15, 0.2) is 0 Å². The van der Waals surface area contributed by atoms with Gasteiger partial charge in [0.1, 0.15) is 0 Å². The van der Waals surface area contributed by atoms with Crippen LogP contribution in [0.3, 0.4) is 0 Å². The van der Waals surface area contributed by atoms with Crippen molar-refractivity contribution in [2.75, 3.05) is 39.3 Å². The second-order valence-corrected chi connectivity index (χ2v) is 4.00. The van der Waals surface area contributed by atoms with Crippen LogP contribution in [0.25, 0.3) is 0 Å². The quantitative estimate of drug-likeness (QED) is 0.255. The molecule has 0 aromatic rings. The molecule has 0 amide bonds. The Hall–Kier alpha value is -0.0312. The van der Waals surface area contributed by atoms with E-state index in [2.05, 4.69) is 0 Å². The Kier molecular flexibility index (Phi) is 17.8. The summed E-state index contributed by atoms with van der Waals surface area (Å²) in [6.45, 7) is -2.25. The molecule has 0 radical (unpaired) electrons. The Morgan fingerprint density at radius 2 is 0.818 bits per heavy atom. The zero-order valence-electron chi connectivity index (χ0n) is 13.0. The van der Waals surface area contributed by atoms with Gasteiger partial charge in [0.15, 0.2) is 0 Å². The first-order valence-corrected chi connectivity index (χ1v) is 5.52. The van der Waals surface area contributed by atoms with E-state index in [4.69, 9.17) is 20.4 Å². The Balaban J connectivity index is -0.000000602. The van der Waals surface area contributed by atoms with Gasteiger partial charge in [0.05, 0.1) is 26.2 Å². The van der Waals surface area contributed by atoms with Gasteiger partial charge in [-0.15, -0.1) is 0 Å². The first kappa shape index (κ1) is 26.8. The molecule has 0 atom stereocenters. The van der Waals surface area contributed by atoms with Gasteiger partial charge < -0.3 is 21.9 Å². The van der Waals surface area contributed by atoms with Crippen LogP contribution in [0.5, 0.6) is 0 Å². The van der Waals surface area contributed by atoms with Crippen molar-refractivity contribution in [2.24, 2.45) is 0 Å². The summed E-state index contributed by atoms with van der Waals surface area (Å²) < 4.78 is 0. The van der Waals surface area contributed by atoms with Crippen LogP contribution in [0.4, 0.5) is 0 Å². The zero-order chi connectivity index (χ0) is 15.7. The van der Waals surface area contributed by atoms with Gasteiger partial charge in [-0.3, -0.25) is 29.0 Å². The fraction of sp³-hybridized carbons (Fsp3) is 0.600. The Labute approximate surface area is 181 Å². The van der Waals surface area contributed by atoms with Gasteiger partial charge >= 0.3 is 75.3 Å². The molecule has 12 heteroatoms. The maximum Gasteiger partial charge on any atom is 1.00 e. The second kappa shape index (κ2) is 14.6. The molecule has 22 heavy (non-hydrogen) atoms. The molecule has 0 heterocycles. The number of nitrogens with zero attached hydrogens (tertiary/aromatic N) is 2. The van der Waals surface area contributed by atoms with Crippen molar-refractivity contribution in [1.29, 1.82) is 0 Å². The van der Waals surface area contributed by atoms with E-state index in [1.54, 1.807) is 0 Å². The fourth-order valence-corrected chi connectivity index (χ4v) is 1.48. The fourth-order valence-electron chi connectivity index (χ4n) is 1.48. The minimum atomic E-state index is -1.23. The van der Waals surface area contributed by atoms with Crippen molar-refractivity contribution < 1.29 is 110 Å². The molecule has 0 spiro atoms. The average molecular weight is 384 g/mol. The molecular formula is C10H17CrKN2O8. The molecule has 0 saturated carbocycles. The average Bonchev–Trinajstić information content (AvgIpc) is 2.22. The molecule has 10 nitrogen and oxygen atoms in total. The zero-order valence-corrected chi connectivity index (χ0v) is 16.4. The standard InChI is InChI=1S/C10H16N2O8.Cr.K.H/c13-7(14)3-11(4-8(15)16)1-2-12(5-9(17)18)6-10(19)20;;;/h1-6H2,(H,13,14)(H,15,16)(H,17,18)(H,19,20);;;/q;;+1;-1. The van der Waals surface area contributed by atoms with Crippen molar-refractivity contribution in [1.82, 2.24) is 9.80 Å². The minimum Gasteiger partial charge on any atom is -1.00 e. The van der Waals surface area contributed by atoms with Crippen LogP contribution in [-0.4, -0.2) is 93.4 Å². The summed E-state index contributed by atoms with van der Waals surface area (Å²) in [5, 5.41) is 34.5. The van der Waals surface area contributed by atoms with E-state index in [0.717, 1.165) is 9.80 Å². The largest absolute Gasteiger partial charge is 1.00 e. The first-order chi connectivity index (χ1) is 9.20. The van der Waals surface area contributed by atoms with E-state index in [1.165, 1.54) is 0 Å². The molecule has 0 aromatic carbocycles. The molecule has 0 unspecified atom stereocenters. The molecule has 0 fully saturated rings. The summed E-state index contributed by atoms with van der Waals surface area (Å²) in [6.07, 6.45) is 0. The van der Waals surface area contributed by atoms with Gasteiger partial charge in [0.25, 0.3) is 0 Å². The third kappa shape index (κ3) is 16.3. The number of aliphatic carboxylic acids is 4. The Bertz CT molecular complexity index is 333. The molecule has 0 rings (SSSR count). The van der Waals surface area contributed by atoms with Crippen molar-refractivity contribution >= 4 is 23.9 Å². The molecule has 0 aliphatic heterocycles. The van der Waals surface area contributed by atoms with E-state index in [1.807, 2.05) is 0 Å². The molecule has 0 aromatic heterocycles. The number of hydrogen-bond donors (Lipinski definition) is 4. The predicted octanol–water partition coefficient (Wildman–Crippen LogP) is -4.96. The Morgan fingerprint density at radius 3 is 0.955 bits per heavy atom. The summed E-state index contributed by atoms with van der Waals surface area (Å²) in [6, 6.07) is 0. The van der Waals surface area contributed by atoms with E-state index in [0.29, 0.717) is 0 Å².